The van der Waals surface area contributed by atoms with E-state index in [1.54, 1.807) is 61.4 Å². The van der Waals surface area contributed by atoms with E-state index in [0.29, 0.717) is 52.4 Å². The molecular formula is C27H24N4O5. The average molecular weight is 485 g/mol. The van der Waals surface area contributed by atoms with Crippen LogP contribution in [0.25, 0.3) is 11.0 Å². The molecule has 0 saturated carbocycles. The summed E-state index contributed by atoms with van der Waals surface area (Å²) in [6.07, 6.45) is 2.34. The molecule has 0 unspecified atom stereocenters. The number of ether oxygens (including phenoxy) is 2. The molecule has 9 nitrogen and oxygen atoms in total. The Morgan fingerprint density at radius 1 is 0.806 bits per heavy atom. The lowest BCUT2D eigenvalue weighted by Crippen LogP contribution is -2.34. The Hall–Kier alpha value is -4.53. The van der Waals surface area contributed by atoms with Crippen LogP contribution in [-0.4, -0.2) is 52.0 Å². The fourth-order valence-corrected chi connectivity index (χ4v) is 4.45. The number of hydrogen-bond donors (Lipinski definition) is 0. The highest BCUT2D eigenvalue weighted by atomic mass is 16.5. The number of carbonyl (C=O) groups excluding carboxylic acids is 2. The minimum atomic E-state index is -0.339. The van der Waals surface area contributed by atoms with Crippen LogP contribution in [0.15, 0.2) is 65.6 Å². The van der Waals surface area contributed by atoms with Crippen LogP contribution in [0.2, 0.25) is 0 Å². The minimum Gasteiger partial charge on any atom is -0.493 e. The zero-order valence-electron chi connectivity index (χ0n) is 19.9. The molecule has 0 aliphatic carbocycles. The van der Waals surface area contributed by atoms with Gasteiger partial charge in [-0.05, 0) is 48.4 Å². The average Bonchev–Trinajstić information content (AvgIpc) is 3.16. The molecule has 0 saturated heterocycles. The second-order valence-corrected chi connectivity index (χ2v) is 8.36. The molecule has 9 heteroatoms. The number of nitrogens with zero attached hydrogens (tertiary/aromatic N) is 4. The van der Waals surface area contributed by atoms with Crippen molar-refractivity contribution in [3.8, 4) is 11.5 Å². The van der Waals surface area contributed by atoms with Gasteiger partial charge in [-0.3, -0.25) is 23.9 Å². The van der Waals surface area contributed by atoms with Gasteiger partial charge in [0.1, 0.15) is 5.82 Å². The molecule has 182 valence electrons. The summed E-state index contributed by atoms with van der Waals surface area (Å²) in [6.45, 7) is 0.455. The van der Waals surface area contributed by atoms with Crippen molar-refractivity contribution < 1.29 is 19.1 Å². The number of imide groups is 1. The molecule has 1 aliphatic heterocycles. The Morgan fingerprint density at radius 2 is 1.53 bits per heavy atom. The van der Waals surface area contributed by atoms with E-state index in [4.69, 9.17) is 9.47 Å². The highest BCUT2D eigenvalue weighted by molar-refractivity contribution is 6.21. The van der Waals surface area contributed by atoms with E-state index in [1.165, 1.54) is 4.90 Å². The van der Waals surface area contributed by atoms with Gasteiger partial charge in [0.25, 0.3) is 17.4 Å². The maximum absolute atomic E-state index is 13.4. The van der Waals surface area contributed by atoms with Gasteiger partial charge in [-0.15, -0.1) is 0 Å². The molecule has 0 spiro atoms. The summed E-state index contributed by atoms with van der Waals surface area (Å²) in [4.78, 5) is 49.1. The van der Waals surface area contributed by atoms with Crippen LogP contribution >= 0.6 is 0 Å². The number of methoxy groups -OCH3 is 2. The standard InChI is InChI=1S/C27H24N4O5/c1-35-21-10-9-17(16-22(21)36-2)11-14-30-23(29-24-20(27(30)34)8-5-13-28-24)12-15-31-25(32)18-6-3-4-7-19(18)26(31)33/h3-10,13,16H,11-12,14-15H2,1-2H3. The van der Waals surface area contributed by atoms with E-state index in [0.717, 1.165) is 5.56 Å². The van der Waals surface area contributed by atoms with E-state index in [1.807, 2.05) is 18.2 Å². The molecule has 2 aromatic carbocycles. The van der Waals surface area contributed by atoms with Gasteiger partial charge in [0.05, 0.1) is 30.7 Å². The van der Waals surface area contributed by atoms with Gasteiger partial charge < -0.3 is 9.47 Å². The van der Waals surface area contributed by atoms with E-state index in [9.17, 15) is 14.4 Å². The van der Waals surface area contributed by atoms with E-state index >= 15 is 0 Å². The predicted molar refractivity (Wildman–Crippen MR) is 133 cm³/mol. The molecule has 0 N–H and O–H groups in total. The maximum atomic E-state index is 13.4. The second-order valence-electron chi connectivity index (χ2n) is 8.36. The quantitative estimate of drug-likeness (QED) is 0.354. The van der Waals surface area contributed by atoms with Crippen molar-refractivity contribution >= 4 is 22.8 Å². The van der Waals surface area contributed by atoms with Crippen LogP contribution < -0.4 is 15.0 Å². The van der Waals surface area contributed by atoms with Crippen molar-refractivity contribution in [2.75, 3.05) is 20.8 Å². The summed E-state index contributed by atoms with van der Waals surface area (Å²) in [6, 6.07) is 15.8. The third kappa shape index (κ3) is 4.08. The Bertz CT molecular complexity index is 1510. The summed E-state index contributed by atoms with van der Waals surface area (Å²) in [7, 11) is 3.15. The number of aryl methyl sites for hydroxylation is 1. The third-order valence-electron chi connectivity index (χ3n) is 6.32. The van der Waals surface area contributed by atoms with Crippen LogP contribution in [0.4, 0.5) is 0 Å². The van der Waals surface area contributed by atoms with Crippen LogP contribution in [0, 0.1) is 0 Å². The molecule has 3 heterocycles. The number of pyridine rings is 1. The second kappa shape index (κ2) is 9.61. The molecule has 4 aromatic rings. The first-order valence-electron chi connectivity index (χ1n) is 11.5. The third-order valence-corrected chi connectivity index (χ3v) is 6.32. The lowest BCUT2D eigenvalue weighted by atomic mass is 10.1. The number of hydrogen-bond acceptors (Lipinski definition) is 7. The fraction of sp³-hybridized carbons (Fsp3) is 0.222. The maximum Gasteiger partial charge on any atom is 0.263 e. The molecule has 0 atom stereocenters. The first kappa shape index (κ1) is 23.2. The number of carbonyl (C=O) groups is 2. The lowest BCUT2D eigenvalue weighted by Gasteiger charge is -2.17. The normalized spacial score (nSPS) is 12.8. The first-order chi connectivity index (χ1) is 17.5. The van der Waals surface area contributed by atoms with Gasteiger partial charge in [0.15, 0.2) is 17.1 Å². The minimum absolute atomic E-state index is 0.105. The van der Waals surface area contributed by atoms with Crippen molar-refractivity contribution in [3.63, 3.8) is 0 Å². The zero-order valence-corrected chi connectivity index (χ0v) is 19.9. The van der Waals surface area contributed by atoms with E-state index < -0.39 is 0 Å². The summed E-state index contributed by atoms with van der Waals surface area (Å²) in [5, 5.41) is 0.411. The summed E-state index contributed by atoms with van der Waals surface area (Å²) >= 11 is 0. The van der Waals surface area contributed by atoms with Crippen LogP contribution in [0.5, 0.6) is 11.5 Å². The molecule has 1 aliphatic rings. The smallest absolute Gasteiger partial charge is 0.263 e. The number of fused-ring (bicyclic) bond motifs is 2. The molecule has 0 radical (unpaired) electrons. The molecule has 0 fully saturated rings. The SMILES string of the molecule is COc1ccc(CCn2c(CCN3C(=O)c4ccccc4C3=O)nc3ncccc3c2=O)cc1OC. The van der Waals surface area contributed by atoms with Crippen molar-refractivity contribution in [1.29, 1.82) is 0 Å². The fourth-order valence-electron chi connectivity index (χ4n) is 4.45. The zero-order chi connectivity index (χ0) is 25.2. The Kier molecular flexibility index (Phi) is 6.20. The van der Waals surface area contributed by atoms with Gasteiger partial charge in [0.2, 0.25) is 0 Å². The van der Waals surface area contributed by atoms with Gasteiger partial charge in [0, 0.05) is 25.7 Å². The monoisotopic (exact) mass is 484 g/mol. The summed E-state index contributed by atoms with van der Waals surface area (Å²) in [5.41, 5.74) is 1.85. The van der Waals surface area contributed by atoms with Gasteiger partial charge in [-0.1, -0.05) is 18.2 Å². The lowest BCUT2D eigenvalue weighted by molar-refractivity contribution is 0.0655. The Balaban J connectivity index is 1.44. The Labute approximate surface area is 206 Å². The van der Waals surface area contributed by atoms with Crippen LogP contribution in [0.1, 0.15) is 32.1 Å². The molecule has 2 amide bonds. The first-order valence-corrected chi connectivity index (χ1v) is 11.5. The highest BCUT2D eigenvalue weighted by Crippen LogP contribution is 2.28. The summed E-state index contributed by atoms with van der Waals surface area (Å²) in [5.74, 6) is 1.01. The topological polar surface area (TPSA) is 104 Å². The van der Waals surface area contributed by atoms with Crippen molar-refractivity contribution in [2.24, 2.45) is 0 Å². The van der Waals surface area contributed by atoms with Crippen molar-refractivity contribution in [1.82, 2.24) is 19.4 Å². The molecule has 5 rings (SSSR count). The molecule has 36 heavy (non-hydrogen) atoms. The van der Waals surface area contributed by atoms with Gasteiger partial charge in [-0.25, -0.2) is 9.97 Å². The summed E-state index contributed by atoms with van der Waals surface area (Å²) < 4.78 is 12.3. The molecular weight excluding hydrogens is 460 g/mol. The Morgan fingerprint density at radius 3 is 2.22 bits per heavy atom. The number of amides is 2. The van der Waals surface area contributed by atoms with E-state index in [2.05, 4.69) is 9.97 Å². The largest absolute Gasteiger partial charge is 0.493 e. The van der Waals surface area contributed by atoms with Gasteiger partial charge >= 0.3 is 0 Å². The number of rotatable bonds is 8. The van der Waals surface area contributed by atoms with Gasteiger partial charge in [-0.2, -0.15) is 0 Å². The predicted octanol–water partition coefficient (Wildman–Crippen LogP) is 2.89. The highest BCUT2D eigenvalue weighted by Gasteiger charge is 2.34. The van der Waals surface area contributed by atoms with Crippen molar-refractivity contribution in [2.45, 2.75) is 19.4 Å². The van der Waals surface area contributed by atoms with Crippen molar-refractivity contribution in [3.05, 3.63) is 93.7 Å². The number of benzene rings is 2. The van der Waals surface area contributed by atoms with Crippen LogP contribution in [0.3, 0.4) is 0 Å². The number of aromatic nitrogens is 3. The van der Waals surface area contributed by atoms with E-state index in [-0.39, 0.29) is 30.3 Å². The molecule has 0 bridgehead atoms. The van der Waals surface area contributed by atoms with Crippen LogP contribution in [-0.2, 0) is 19.4 Å². The molecule has 2 aromatic heterocycles.